The molecule has 5 nitrogen and oxygen atoms in total. The lowest BCUT2D eigenvalue weighted by Gasteiger charge is -2.33. The fraction of sp³-hybridized carbons (Fsp3) is 0.895. The van der Waals surface area contributed by atoms with Gasteiger partial charge in [-0.1, -0.05) is 19.8 Å². The molecule has 24 heavy (non-hydrogen) atoms. The van der Waals surface area contributed by atoms with Crippen molar-refractivity contribution in [1.29, 1.82) is 0 Å². The molecule has 1 saturated heterocycles. The molecule has 1 aliphatic heterocycles. The van der Waals surface area contributed by atoms with Crippen molar-refractivity contribution in [2.24, 2.45) is 10.9 Å². The van der Waals surface area contributed by atoms with Gasteiger partial charge in [-0.25, -0.2) is 0 Å². The maximum atomic E-state index is 11.6. The van der Waals surface area contributed by atoms with Gasteiger partial charge in [0.05, 0.1) is 0 Å². The fourth-order valence-corrected chi connectivity index (χ4v) is 3.05. The molecule has 0 aromatic carbocycles. The quantitative estimate of drug-likeness (QED) is 0.333. The molecule has 0 aromatic rings. The van der Waals surface area contributed by atoms with E-state index in [-0.39, 0.29) is 11.6 Å². The van der Waals surface area contributed by atoms with E-state index in [9.17, 15) is 4.79 Å². The minimum Gasteiger partial charge on any atom is -0.460 e. The number of aliphatic imine (C=N–C) groups is 1. The minimum absolute atomic E-state index is 0.0831. The number of nitrogens with one attached hydrogen (secondary N) is 1. The number of guanidine groups is 1. The van der Waals surface area contributed by atoms with Crippen molar-refractivity contribution >= 4 is 11.9 Å². The summed E-state index contributed by atoms with van der Waals surface area (Å²) in [7, 11) is 1.86. The van der Waals surface area contributed by atoms with Crippen LogP contribution in [0.15, 0.2) is 4.99 Å². The lowest BCUT2D eigenvalue weighted by atomic mass is 10.0. The summed E-state index contributed by atoms with van der Waals surface area (Å²) >= 11 is 0. The largest absolute Gasteiger partial charge is 0.460 e. The van der Waals surface area contributed by atoms with E-state index in [0.29, 0.717) is 6.42 Å². The van der Waals surface area contributed by atoms with Crippen molar-refractivity contribution in [3.63, 3.8) is 0 Å². The Bertz CT molecular complexity index is 402. The molecule has 0 spiro atoms. The van der Waals surface area contributed by atoms with Crippen LogP contribution in [0, 0.1) is 5.92 Å². The van der Waals surface area contributed by atoms with Gasteiger partial charge in [-0.3, -0.25) is 9.79 Å². The van der Waals surface area contributed by atoms with Crippen LogP contribution in [-0.4, -0.2) is 49.1 Å². The Morgan fingerprint density at radius 2 is 1.96 bits per heavy atom. The van der Waals surface area contributed by atoms with Crippen LogP contribution in [-0.2, 0) is 9.53 Å². The summed E-state index contributed by atoms with van der Waals surface area (Å²) in [6.45, 7) is 11.2. The summed E-state index contributed by atoms with van der Waals surface area (Å²) in [5.74, 6) is 1.71. The molecule has 140 valence electrons. The summed E-state index contributed by atoms with van der Waals surface area (Å²) in [4.78, 5) is 18.4. The molecule has 1 fully saturated rings. The van der Waals surface area contributed by atoms with Crippen molar-refractivity contribution in [3.05, 3.63) is 0 Å². The van der Waals surface area contributed by atoms with Crippen LogP contribution in [0.4, 0.5) is 0 Å². The highest BCUT2D eigenvalue weighted by Crippen LogP contribution is 2.15. The van der Waals surface area contributed by atoms with E-state index in [2.05, 4.69) is 22.1 Å². The summed E-state index contributed by atoms with van der Waals surface area (Å²) in [6, 6.07) is 0. The number of unbranched alkanes of at least 4 members (excludes halogenated alkanes) is 3. The molecule has 0 radical (unpaired) electrons. The van der Waals surface area contributed by atoms with Crippen LogP contribution in [0.3, 0.4) is 0 Å². The monoisotopic (exact) mass is 339 g/mol. The zero-order chi connectivity index (χ0) is 18.0. The van der Waals surface area contributed by atoms with Crippen LogP contribution in [0.2, 0.25) is 0 Å². The topological polar surface area (TPSA) is 53.9 Å². The van der Waals surface area contributed by atoms with Gasteiger partial charge in [0.25, 0.3) is 0 Å². The van der Waals surface area contributed by atoms with E-state index >= 15 is 0 Å². The molecule has 1 heterocycles. The Labute approximate surface area is 148 Å². The van der Waals surface area contributed by atoms with E-state index in [1.54, 1.807) is 0 Å². The Morgan fingerprint density at radius 3 is 2.58 bits per heavy atom. The smallest absolute Gasteiger partial charge is 0.306 e. The number of hydrogen-bond donors (Lipinski definition) is 1. The minimum atomic E-state index is -0.372. The highest BCUT2D eigenvalue weighted by atomic mass is 16.6. The number of nitrogens with zero attached hydrogens (tertiary/aromatic N) is 2. The van der Waals surface area contributed by atoms with Gasteiger partial charge in [0, 0.05) is 33.1 Å². The van der Waals surface area contributed by atoms with Gasteiger partial charge in [-0.05, 0) is 52.4 Å². The first-order valence-electron chi connectivity index (χ1n) is 9.49. The third-order valence-corrected chi connectivity index (χ3v) is 4.18. The number of piperidine rings is 1. The molecule has 1 atom stereocenters. The summed E-state index contributed by atoms with van der Waals surface area (Å²) in [5.41, 5.74) is -0.372. The molecule has 0 saturated carbocycles. The van der Waals surface area contributed by atoms with Crippen LogP contribution < -0.4 is 5.32 Å². The summed E-state index contributed by atoms with van der Waals surface area (Å²) in [5, 5.41) is 3.47. The van der Waals surface area contributed by atoms with Gasteiger partial charge in [0.2, 0.25) is 0 Å². The van der Waals surface area contributed by atoms with E-state index in [0.717, 1.165) is 57.2 Å². The molecule has 1 rings (SSSR count). The Balaban J connectivity index is 2.07. The van der Waals surface area contributed by atoms with Gasteiger partial charge in [0.15, 0.2) is 5.96 Å². The van der Waals surface area contributed by atoms with E-state index < -0.39 is 0 Å². The molecule has 5 heteroatoms. The average Bonchev–Trinajstić information content (AvgIpc) is 2.48. The van der Waals surface area contributed by atoms with E-state index in [4.69, 9.17) is 4.74 Å². The van der Waals surface area contributed by atoms with Crippen LogP contribution in [0.25, 0.3) is 0 Å². The van der Waals surface area contributed by atoms with Crippen molar-refractivity contribution in [1.82, 2.24) is 10.2 Å². The zero-order valence-electron chi connectivity index (χ0n) is 16.4. The highest BCUT2D eigenvalue weighted by Gasteiger charge is 2.19. The Kier molecular flexibility index (Phi) is 9.16. The highest BCUT2D eigenvalue weighted by molar-refractivity contribution is 5.79. The lowest BCUT2D eigenvalue weighted by Crippen LogP contribution is -2.46. The second-order valence-electron chi connectivity index (χ2n) is 7.92. The molecule has 0 amide bonds. The molecular weight excluding hydrogens is 302 g/mol. The predicted molar refractivity (Wildman–Crippen MR) is 100 cm³/mol. The maximum absolute atomic E-state index is 11.6. The molecule has 0 aliphatic carbocycles. The predicted octanol–water partition coefficient (Wildman–Crippen LogP) is 3.59. The fourth-order valence-electron chi connectivity index (χ4n) is 3.05. The Hall–Kier alpha value is -1.26. The Morgan fingerprint density at radius 1 is 1.25 bits per heavy atom. The number of carbonyl (C=O) groups is 1. The second-order valence-corrected chi connectivity index (χ2v) is 7.92. The summed E-state index contributed by atoms with van der Waals surface area (Å²) in [6.07, 6.45) is 7.32. The number of hydrogen-bond acceptors (Lipinski definition) is 3. The van der Waals surface area contributed by atoms with E-state index in [1.807, 2.05) is 27.8 Å². The molecule has 1 unspecified atom stereocenters. The number of ether oxygens (including phenoxy) is 1. The SMILES string of the molecule is CN=C(NCCCCCCC(=O)OC(C)(C)C)N1CCCC(C)C1. The molecule has 1 aliphatic rings. The van der Waals surface area contributed by atoms with Crippen molar-refractivity contribution in [2.75, 3.05) is 26.7 Å². The number of esters is 1. The maximum Gasteiger partial charge on any atom is 0.306 e. The van der Waals surface area contributed by atoms with Crippen LogP contribution in [0.5, 0.6) is 0 Å². The van der Waals surface area contributed by atoms with Crippen molar-refractivity contribution in [2.45, 2.75) is 78.2 Å². The molecule has 1 N–H and O–H groups in total. The number of carbonyl (C=O) groups excluding carboxylic acids is 1. The normalized spacial score (nSPS) is 19.3. The van der Waals surface area contributed by atoms with Gasteiger partial charge < -0.3 is 15.0 Å². The molecule has 0 bridgehead atoms. The third kappa shape index (κ3) is 9.14. The van der Waals surface area contributed by atoms with Gasteiger partial charge in [-0.15, -0.1) is 0 Å². The van der Waals surface area contributed by atoms with Gasteiger partial charge in [-0.2, -0.15) is 0 Å². The lowest BCUT2D eigenvalue weighted by molar-refractivity contribution is -0.154. The molecular formula is C19H37N3O2. The van der Waals surface area contributed by atoms with Crippen LogP contribution >= 0.6 is 0 Å². The summed E-state index contributed by atoms with van der Waals surface area (Å²) < 4.78 is 5.31. The number of rotatable bonds is 7. The zero-order valence-corrected chi connectivity index (χ0v) is 16.4. The van der Waals surface area contributed by atoms with E-state index in [1.165, 1.54) is 12.8 Å². The molecule has 0 aromatic heterocycles. The first-order chi connectivity index (χ1) is 11.3. The van der Waals surface area contributed by atoms with Gasteiger partial charge in [0.1, 0.15) is 5.60 Å². The number of likely N-dealkylation sites (tertiary alicyclic amines) is 1. The van der Waals surface area contributed by atoms with Crippen molar-refractivity contribution in [3.8, 4) is 0 Å². The van der Waals surface area contributed by atoms with Gasteiger partial charge >= 0.3 is 5.97 Å². The first-order valence-corrected chi connectivity index (χ1v) is 9.49. The van der Waals surface area contributed by atoms with Crippen molar-refractivity contribution < 1.29 is 9.53 Å². The standard InChI is InChI=1S/C19H37N3O2/c1-16-11-10-14-22(15-16)18(20-5)21-13-9-7-6-8-12-17(23)24-19(2,3)4/h16H,6-15H2,1-5H3,(H,20,21). The van der Waals surface area contributed by atoms with Crippen LogP contribution in [0.1, 0.15) is 72.6 Å². The second kappa shape index (κ2) is 10.6. The average molecular weight is 340 g/mol. The first kappa shape index (κ1) is 20.8. The third-order valence-electron chi connectivity index (χ3n) is 4.18.